The Morgan fingerprint density at radius 3 is 2.04 bits per heavy atom. The summed E-state index contributed by atoms with van der Waals surface area (Å²) in [5.41, 5.74) is 0.432. The molecule has 1 heterocycles. The van der Waals surface area contributed by atoms with E-state index < -0.39 is 23.9 Å². The molecule has 1 saturated heterocycles. The fourth-order valence-corrected chi connectivity index (χ4v) is 3.11. The average molecular weight is 354 g/mol. The zero-order valence-corrected chi connectivity index (χ0v) is 16.4. The van der Waals surface area contributed by atoms with Gasteiger partial charge in [-0.05, 0) is 51.8 Å². The minimum atomic E-state index is -1.12. The zero-order valence-electron chi connectivity index (χ0n) is 16.4. The molecule has 0 aromatic heterocycles. The van der Waals surface area contributed by atoms with Gasteiger partial charge in [0, 0.05) is 5.46 Å². The molecule has 1 N–H and O–H groups in total. The SMILES string of the molecule is COc1cc(C(C)(O)c2ccccc2)ccc1B1OC(C)(C)C(C)(C)O1. The maximum atomic E-state index is 11.1. The first-order valence-corrected chi connectivity index (χ1v) is 8.90. The fraction of sp³-hybridized carbons (Fsp3) is 0.429. The second kappa shape index (κ2) is 6.41. The molecular formula is C21H27BO4. The van der Waals surface area contributed by atoms with Crippen LogP contribution >= 0.6 is 0 Å². The molecule has 5 heteroatoms. The van der Waals surface area contributed by atoms with Gasteiger partial charge in [-0.1, -0.05) is 42.5 Å². The summed E-state index contributed by atoms with van der Waals surface area (Å²) in [6.45, 7) is 9.87. The van der Waals surface area contributed by atoms with Crippen molar-refractivity contribution in [3.63, 3.8) is 0 Å². The molecule has 1 fully saturated rings. The van der Waals surface area contributed by atoms with Gasteiger partial charge in [0.1, 0.15) is 11.4 Å². The van der Waals surface area contributed by atoms with Crippen molar-refractivity contribution in [2.24, 2.45) is 0 Å². The number of ether oxygens (including phenoxy) is 1. The molecule has 0 saturated carbocycles. The standard InChI is InChI=1S/C21H27BO4/c1-19(2)20(3,4)26-22(25-19)17-13-12-16(14-18(17)24-6)21(5,23)15-10-8-7-9-11-15/h7-14,23H,1-6H3. The topological polar surface area (TPSA) is 47.9 Å². The molecule has 2 aromatic rings. The summed E-state index contributed by atoms with van der Waals surface area (Å²) in [4.78, 5) is 0. The van der Waals surface area contributed by atoms with E-state index in [0.717, 1.165) is 16.6 Å². The summed E-state index contributed by atoms with van der Waals surface area (Å²) in [7, 11) is 1.11. The van der Waals surface area contributed by atoms with Gasteiger partial charge in [0.2, 0.25) is 0 Å². The number of hydrogen-bond acceptors (Lipinski definition) is 4. The van der Waals surface area contributed by atoms with Gasteiger partial charge in [0.25, 0.3) is 0 Å². The van der Waals surface area contributed by atoms with Crippen LogP contribution in [-0.4, -0.2) is 30.5 Å². The van der Waals surface area contributed by atoms with Gasteiger partial charge in [-0.3, -0.25) is 0 Å². The highest BCUT2D eigenvalue weighted by Crippen LogP contribution is 2.38. The first-order chi connectivity index (χ1) is 12.1. The molecule has 2 aromatic carbocycles. The Bertz CT molecular complexity index is 768. The van der Waals surface area contributed by atoms with Crippen molar-refractivity contribution in [1.29, 1.82) is 0 Å². The summed E-state index contributed by atoms with van der Waals surface area (Å²) >= 11 is 0. The molecule has 1 unspecified atom stereocenters. The molecule has 3 rings (SSSR count). The Morgan fingerprint density at radius 2 is 1.50 bits per heavy atom. The van der Waals surface area contributed by atoms with Gasteiger partial charge in [0.05, 0.1) is 18.3 Å². The maximum absolute atomic E-state index is 11.1. The van der Waals surface area contributed by atoms with E-state index in [1.54, 1.807) is 14.0 Å². The molecule has 0 bridgehead atoms. The minimum absolute atomic E-state index is 0.420. The highest BCUT2D eigenvalue weighted by Gasteiger charge is 2.52. The van der Waals surface area contributed by atoms with Crippen molar-refractivity contribution in [2.75, 3.05) is 7.11 Å². The quantitative estimate of drug-likeness (QED) is 0.857. The first kappa shape index (κ1) is 19.0. The molecule has 0 amide bonds. The Kier molecular flexibility index (Phi) is 4.68. The van der Waals surface area contributed by atoms with Crippen molar-refractivity contribution in [3.8, 4) is 5.75 Å². The van der Waals surface area contributed by atoms with Crippen LogP contribution in [0.4, 0.5) is 0 Å². The van der Waals surface area contributed by atoms with E-state index >= 15 is 0 Å². The van der Waals surface area contributed by atoms with Crippen molar-refractivity contribution in [1.82, 2.24) is 0 Å². The van der Waals surface area contributed by atoms with Crippen LogP contribution < -0.4 is 10.2 Å². The van der Waals surface area contributed by atoms with E-state index in [-0.39, 0.29) is 0 Å². The van der Waals surface area contributed by atoms with E-state index in [2.05, 4.69) is 0 Å². The normalized spacial score (nSPS) is 20.7. The number of rotatable bonds is 4. The van der Waals surface area contributed by atoms with Crippen molar-refractivity contribution >= 4 is 12.6 Å². The summed E-state index contributed by atoms with van der Waals surface area (Å²) in [5.74, 6) is 0.636. The van der Waals surface area contributed by atoms with Crippen LogP contribution in [0.5, 0.6) is 5.75 Å². The number of benzene rings is 2. The van der Waals surface area contributed by atoms with Crippen LogP contribution in [0.1, 0.15) is 45.7 Å². The maximum Gasteiger partial charge on any atom is 0.498 e. The Morgan fingerprint density at radius 1 is 0.923 bits per heavy atom. The molecule has 1 aliphatic rings. The number of methoxy groups -OCH3 is 1. The van der Waals surface area contributed by atoms with Crippen LogP contribution in [0.25, 0.3) is 0 Å². The largest absolute Gasteiger partial charge is 0.498 e. The van der Waals surface area contributed by atoms with Gasteiger partial charge in [0.15, 0.2) is 0 Å². The first-order valence-electron chi connectivity index (χ1n) is 8.90. The lowest BCUT2D eigenvalue weighted by molar-refractivity contribution is 0.00578. The highest BCUT2D eigenvalue weighted by atomic mass is 16.7. The molecular weight excluding hydrogens is 327 g/mol. The Labute approximate surface area is 156 Å². The van der Waals surface area contributed by atoms with Gasteiger partial charge < -0.3 is 19.2 Å². The minimum Gasteiger partial charge on any atom is -0.497 e. The molecule has 0 spiro atoms. The van der Waals surface area contributed by atoms with Crippen molar-refractivity contribution in [2.45, 2.75) is 51.4 Å². The van der Waals surface area contributed by atoms with Crippen LogP contribution in [0.2, 0.25) is 0 Å². The average Bonchev–Trinajstić information content (AvgIpc) is 2.82. The number of hydrogen-bond donors (Lipinski definition) is 1. The van der Waals surface area contributed by atoms with Crippen LogP contribution in [0.3, 0.4) is 0 Å². The third-order valence-corrected chi connectivity index (χ3v) is 5.64. The van der Waals surface area contributed by atoms with Crippen LogP contribution in [-0.2, 0) is 14.9 Å². The smallest absolute Gasteiger partial charge is 0.497 e. The predicted molar refractivity (Wildman–Crippen MR) is 104 cm³/mol. The summed E-state index contributed by atoms with van der Waals surface area (Å²) in [6.07, 6.45) is 0. The van der Waals surface area contributed by atoms with Crippen molar-refractivity contribution in [3.05, 3.63) is 59.7 Å². The van der Waals surface area contributed by atoms with E-state index in [9.17, 15) is 5.11 Å². The van der Waals surface area contributed by atoms with Crippen molar-refractivity contribution < 1.29 is 19.2 Å². The predicted octanol–water partition coefficient (Wildman–Crippen LogP) is 3.25. The monoisotopic (exact) mass is 354 g/mol. The molecule has 0 radical (unpaired) electrons. The Hall–Kier alpha value is -1.82. The van der Waals surface area contributed by atoms with Gasteiger partial charge in [-0.25, -0.2) is 0 Å². The van der Waals surface area contributed by atoms with E-state index in [1.165, 1.54) is 0 Å². The summed E-state index contributed by atoms with van der Waals surface area (Å²) in [5, 5.41) is 11.1. The van der Waals surface area contributed by atoms with E-state index in [4.69, 9.17) is 14.0 Å². The van der Waals surface area contributed by atoms with Gasteiger partial charge >= 0.3 is 7.12 Å². The molecule has 138 valence electrons. The molecule has 1 atom stereocenters. The van der Waals surface area contributed by atoms with Crippen LogP contribution in [0.15, 0.2) is 48.5 Å². The lowest BCUT2D eigenvalue weighted by Crippen LogP contribution is -2.41. The zero-order chi connectivity index (χ0) is 19.2. The fourth-order valence-electron chi connectivity index (χ4n) is 3.11. The third kappa shape index (κ3) is 3.15. The summed E-state index contributed by atoms with van der Waals surface area (Å²) < 4.78 is 17.9. The molecule has 1 aliphatic heterocycles. The Balaban J connectivity index is 1.97. The third-order valence-electron chi connectivity index (χ3n) is 5.64. The lowest BCUT2D eigenvalue weighted by atomic mass is 9.76. The summed E-state index contributed by atoms with van der Waals surface area (Å²) in [6, 6.07) is 15.3. The second-order valence-electron chi connectivity index (χ2n) is 7.98. The second-order valence-corrected chi connectivity index (χ2v) is 7.98. The van der Waals surface area contributed by atoms with Gasteiger partial charge in [-0.2, -0.15) is 0 Å². The molecule has 26 heavy (non-hydrogen) atoms. The lowest BCUT2D eigenvalue weighted by Gasteiger charge is -2.32. The molecule has 0 aliphatic carbocycles. The van der Waals surface area contributed by atoms with E-state index in [0.29, 0.717) is 5.75 Å². The van der Waals surface area contributed by atoms with Gasteiger partial charge in [-0.15, -0.1) is 0 Å². The van der Waals surface area contributed by atoms with E-state index in [1.807, 2.05) is 76.2 Å². The highest BCUT2D eigenvalue weighted by molar-refractivity contribution is 6.63. The van der Waals surface area contributed by atoms with Crippen LogP contribution in [0, 0.1) is 0 Å². The number of aliphatic hydroxyl groups is 1. The molecule has 4 nitrogen and oxygen atoms in total.